The molecule has 116 valence electrons. The van der Waals surface area contributed by atoms with Crippen molar-refractivity contribution in [3.8, 4) is 11.5 Å². The van der Waals surface area contributed by atoms with Gasteiger partial charge < -0.3 is 20.1 Å². The summed E-state index contributed by atoms with van der Waals surface area (Å²) in [5, 5.41) is 0. The summed E-state index contributed by atoms with van der Waals surface area (Å²) in [6.45, 7) is 1.25. The van der Waals surface area contributed by atoms with Gasteiger partial charge in [-0.2, -0.15) is 0 Å². The van der Waals surface area contributed by atoms with Crippen LogP contribution in [0.4, 0.5) is 0 Å². The molecular formula is C16H24N2O3. The summed E-state index contributed by atoms with van der Waals surface area (Å²) >= 11 is 0. The van der Waals surface area contributed by atoms with Crippen LogP contribution in [0.25, 0.3) is 0 Å². The van der Waals surface area contributed by atoms with Gasteiger partial charge in [0.2, 0.25) is 0 Å². The van der Waals surface area contributed by atoms with E-state index in [1.807, 2.05) is 11.0 Å². The predicted molar refractivity (Wildman–Crippen MR) is 81.9 cm³/mol. The molecule has 1 aliphatic rings. The fraction of sp³-hybridized carbons (Fsp3) is 0.562. The van der Waals surface area contributed by atoms with E-state index >= 15 is 0 Å². The molecule has 0 aromatic heterocycles. The number of rotatable bonds is 4. The maximum Gasteiger partial charge on any atom is 0.258 e. The molecule has 1 unspecified atom stereocenters. The Hall–Kier alpha value is -1.75. The van der Waals surface area contributed by atoms with E-state index in [9.17, 15) is 4.79 Å². The Kier molecular flexibility index (Phi) is 5.44. The van der Waals surface area contributed by atoms with Crippen molar-refractivity contribution in [2.24, 2.45) is 5.73 Å². The minimum Gasteiger partial charge on any atom is -0.493 e. The number of ether oxygens (including phenoxy) is 2. The number of benzene rings is 1. The van der Waals surface area contributed by atoms with Gasteiger partial charge >= 0.3 is 0 Å². The molecule has 21 heavy (non-hydrogen) atoms. The topological polar surface area (TPSA) is 64.8 Å². The quantitative estimate of drug-likeness (QED) is 0.922. The highest BCUT2D eigenvalue weighted by Crippen LogP contribution is 2.32. The number of carbonyl (C=O) groups is 1. The maximum atomic E-state index is 12.9. The van der Waals surface area contributed by atoms with E-state index in [0.29, 0.717) is 23.6 Å². The van der Waals surface area contributed by atoms with Gasteiger partial charge in [0.15, 0.2) is 11.5 Å². The molecule has 1 saturated heterocycles. The molecule has 1 aromatic rings. The number of likely N-dealkylation sites (tertiary alicyclic amines) is 1. The second kappa shape index (κ2) is 7.31. The van der Waals surface area contributed by atoms with Crippen LogP contribution in [0, 0.1) is 0 Å². The summed E-state index contributed by atoms with van der Waals surface area (Å²) in [4.78, 5) is 14.8. The number of nitrogens with two attached hydrogens (primary N) is 1. The summed E-state index contributed by atoms with van der Waals surface area (Å²) < 4.78 is 10.6. The molecule has 1 fully saturated rings. The number of hydrogen-bond donors (Lipinski definition) is 1. The molecule has 1 atom stereocenters. The van der Waals surface area contributed by atoms with Crippen LogP contribution in [0.2, 0.25) is 0 Å². The largest absolute Gasteiger partial charge is 0.493 e. The van der Waals surface area contributed by atoms with Crippen molar-refractivity contribution in [3.63, 3.8) is 0 Å². The standard InChI is InChI=1S/C16H24N2O3/c1-20-14-9-6-8-13(15(14)21-2)16(19)18-10-5-3-4-7-12(18)11-17/h6,8-9,12H,3-5,7,10-11,17H2,1-2H3. The van der Waals surface area contributed by atoms with E-state index in [4.69, 9.17) is 15.2 Å². The number of methoxy groups -OCH3 is 2. The van der Waals surface area contributed by atoms with E-state index in [2.05, 4.69) is 0 Å². The molecular weight excluding hydrogens is 268 g/mol. The molecule has 1 aliphatic heterocycles. The van der Waals surface area contributed by atoms with Gasteiger partial charge in [0.05, 0.1) is 19.8 Å². The number of nitrogens with zero attached hydrogens (tertiary/aromatic N) is 1. The van der Waals surface area contributed by atoms with Crippen LogP contribution in [0.15, 0.2) is 18.2 Å². The monoisotopic (exact) mass is 292 g/mol. The van der Waals surface area contributed by atoms with Crippen molar-refractivity contribution in [1.29, 1.82) is 0 Å². The van der Waals surface area contributed by atoms with Crippen molar-refractivity contribution in [3.05, 3.63) is 23.8 Å². The Morgan fingerprint density at radius 3 is 2.76 bits per heavy atom. The molecule has 0 aliphatic carbocycles. The molecule has 0 bridgehead atoms. The zero-order chi connectivity index (χ0) is 15.2. The zero-order valence-electron chi connectivity index (χ0n) is 12.8. The van der Waals surface area contributed by atoms with Crippen LogP contribution in [0.5, 0.6) is 11.5 Å². The third kappa shape index (κ3) is 3.29. The maximum absolute atomic E-state index is 12.9. The lowest BCUT2D eigenvalue weighted by Gasteiger charge is -2.29. The van der Waals surface area contributed by atoms with Gasteiger partial charge in [-0.15, -0.1) is 0 Å². The highest BCUT2D eigenvalue weighted by atomic mass is 16.5. The van der Waals surface area contributed by atoms with Gasteiger partial charge in [-0.3, -0.25) is 4.79 Å². The third-order valence-corrected chi connectivity index (χ3v) is 4.04. The van der Waals surface area contributed by atoms with Crippen LogP contribution in [-0.2, 0) is 0 Å². The lowest BCUT2D eigenvalue weighted by atomic mass is 10.1. The number of carbonyl (C=O) groups excluding carboxylic acids is 1. The molecule has 0 saturated carbocycles. The average Bonchev–Trinajstić information content (AvgIpc) is 2.78. The third-order valence-electron chi connectivity index (χ3n) is 4.04. The molecule has 2 N–H and O–H groups in total. The lowest BCUT2D eigenvalue weighted by Crippen LogP contribution is -2.44. The van der Waals surface area contributed by atoms with Gasteiger partial charge in [0.25, 0.3) is 5.91 Å². The predicted octanol–water partition coefficient (Wildman–Crippen LogP) is 2.05. The van der Waals surface area contributed by atoms with E-state index in [-0.39, 0.29) is 11.9 Å². The van der Waals surface area contributed by atoms with Crippen molar-refractivity contribution in [2.45, 2.75) is 31.7 Å². The molecule has 1 heterocycles. The molecule has 5 nitrogen and oxygen atoms in total. The van der Waals surface area contributed by atoms with Gasteiger partial charge in [-0.25, -0.2) is 0 Å². The molecule has 1 aromatic carbocycles. The minimum atomic E-state index is -0.0249. The van der Waals surface area contributed by atoms with Crippen molar-refractivity contribution < 1.29 is 14.3 Å². The molecule has 0 spiro atoms. The number of para-hydroxylation sites is 1. The van der Waals surface area contributed by atoms with Gasteiger partial charge in [0, 0.05) is 19.1 Å². The van der Waals surface area contributed by atoms with Crippen LogP contribution in [-0.4, -0.2) is 44.2 Å². The van der Waals surface area contributed by atoms with Gasteiger partial charge in [-0.05, 0) is 25.0 Å². The summed E-state index contributed by atoms with van der Waals surface area (Å²) in [5.74, 6) is 1.04. The van der Waals surface area contributed by atoms with Gasteiger partial charge in [-0.1, -0.05) is 18.9 Å². The van der Waals surface area contributed by atoms with Crippen molar-refractivity contribution >= 4 is 5.91 Å². The molecule has 5 heteroatoms. The second-order valence-electron chi connectivity index (χ2n) is 5.28. The van der Waals surface area contributed by atoms with Crippen molar-refractivity contribution in [1.82, 2.24) is 4.90 Å². The zero-order valence-corrected chi connectivity index (χ0v) is 12.8. The Morgan fingerprint density at radius 2 is 2.10 bits per heavy atom. The number of amides is 1. The Bertz CT molecular complexity index is 490. The average molecular weight is 292 g/mol. The molecule has 1 amide bonds. The summed E-state index contributed by atoms with van der Waals surface area (Å²) in [6, 6.07) is 5.49. The first-order valence-electron chi connectivity index (χ1n) is 7.45. The molecule has 0 radical (unpaired) electrons. The van der Waals surface area contributed by atoms with E-state index in [1.54, 1.807) is 26.4 Å². The number of hydrogen-bond acceptors (Lipinski definition) is 4. The SMILES string of the molecule is COc1cccc(C(=O)N2CCCCCC2CN)c1OC. The Labute approximate surface area is 126 Å². The molecule has 2 rings (SSSR count). The van der Waals surface area contributed by atoms with Gasteiger partial charge in [0.1, 0.15) is 0 Å². The van der Waals surface area contributed by atoms with E-state index in [0.717, 1.165) is 32.2 Å². The summed E-state index contributed by atoms with van der Waals surface area (Å²) in [7, 11) is 3.12. The Morgan fingerprint density at radius 1 is 1.29 bits per heavy atom. The summed E-state index contributed by atoms with van der Waals surface area (Å²) in [5.41, 5.74) is 6.39. The minimum absolute atomic E-state index is 0.0249. The van der Waals surface area contributed by atoms with Crippen LogP contribution < -0.4 is 15.2 Å². The van der Waals surface area contributed by atoms with Crippen LogP contribution >= 0.6 is 0 Å². The second-order valence-corrected chi connectivity index (χ2v) is 5.28. The first-order valence-corrected chi connectivity index (χ1v) is 7.45. The van der Waals surface area contributed by atoms with Crippen LogP contribution in [0.1, 0.15) is 36.0 Å². The lowest BCUT2D eigenvalue weighted by molar-refractivity contribution is 0.0685. The highest BCUT2D eigenvalue weighted by molar-refractivity contribution is 5.98. The van der Waals surface area contributed by atoms with Crippen molar-refractivity contribution in [2.75, 3.05) is 27.3 Å². The highest BCUT2D eigenvalue weighted by Gasteiger charge is 2.28. The first kappa shape index (κ1) is 15.6. The first-order chi connectivity index (χ1) is 10.2. The van der Waals surface area contributed by atoms with E-state index < -0.39 is 0 Å². The fourth-order valence-electron chi connectivity index (χ4n) is 2.90. The van der Waals surface area contributed by atoms with Crippen LogP contribution in [0.3, 0.4) is 0 Å². The normalized spacial score (nSPS) is 19.0. The fourth-order valence-corrected chi connectivity index (χ4v) is 2.90. The smallest absolute Gasteiger partial charge is 0.258 e. The van der Waals surface area contributed by atoms with E-state index in [1.165, 1.54) is 0 Å². The summed E-state index contributed by atoms with van der Waals surface area (Å²) in [6.07, 6.45) is 4.26. The Balaban J connectivity index is 2.33.